The smallest absolute Gasteiger partial charge is 0.275 e. The van der Waals surface area contributed by atoms with Crippen LogP contribution >= 0.6 is 8.38 Å². The van der Waals surface area contributed by atoms with Crippen LogP contribution in [0.3, 0.4) is 0 Å². The molecule has 0 aromatic heterocycles. The zero-order chi connectivity index (χ0) is 22.9. The lowest BCUT2D eigenvalue weighted by Gasteiger charge is -2.18. The first kappa shape index (κ1) is 22.2. The molecule has 10 heteroatoms. The summed E-state index contributed by atoms with van der Waals surface area (Å²) in [6, 6.07) is 4.69. The highest BCUT2D eigenvalue weighted by Gasteiger charge is 2.22. The summed E-state index contributed by atoms with van der Waals surface area (Å²) >= 11 is 0. The SMILES string of the molecule is [2H]CCCC(=O)NCc1ccc([N+](=O)[O-])c(C(C)OP(C)OC=NCC)c1.[3H]OC. The molecular formula is C18H30N3O6P. The zero-order valence-electron chi connectivity index (χ0n) is 18.7. The predicted molar refractivity (Wildman–Crippen MR) is 110 cm³/mol. The van der Waals surface area contributed by atoms with E-state index in [-0.39, 0.29) is 25.0 Å². The third kappa shape index (κ3) is 9.73. The molecule has 0 saturated heterocycles. The van der Waals surface area contributed by atoms with Crippen molar-refractivity contribution in [2.24, 2.45) is 4.99 Å². The Kier molecular flexibility index (Phi) is 11.8. The molecule has 0 aliphatic rings. The quantitative estimate of drug-likeness (QED) is 0.186. The first-order valence-electron chi connectivity index (χ1n) is 9.80. The fourth-order valence-corrected chi connectivity index (χ4v) is 2.94. The van der Waals surface area contributed by atoms with Crippen molar-refractivity contribution in [1.82, 2.24) is 5.32 Å². The summed E-state index contributed by atoms with van der Waals surface area (Å²) in [4.78, 5) is 26.5. The van der Waals surface area contributed by atoms with Crippen LogP contribution in [-0.2, 0) is 20.4 Å². The van der Waals surface area contributed by atoms with Crippen LogP contribution in [-0.4, -0.2) is 44.1 Å². The van der Waals surface area contributed by atoms with Crippen LogP contribution in [0.2, 0.25) is 0 Å². The minimum Gasteiger partial charge on any atom is -0.437 e. The van der Waals surface area contributed by atoms with E-state index < -0.39 is 19.4 Å². The zero-order valence-corrected chi connectivity index (χ0v) is 17.6. The maximum Gasteiger partial charge on any atom is 0.275 e. The van der Waals surface area contributed by atoms with Gasteiger partial charge in [0.25, 0.3) is 5.69 Å². The molecule has 1 rings (SSSR count). The molecular weight excluding hydrogens is 385 g/mol. The summed E-state index contributed by atoms with van der Waals surface area (Å²) in [5, 5.41) is 17.6. The standard InChI is InChI=1S/C17H26N3O5P.CH4O/c1-5-7-17(21)19-11-14-8-9-16(20(22)23)15(10-14)13(3)25-26(4)24-12-18-6-2;1-2/h8-10,12-13H,5-7,11H2,1-4H3,(H,19,21);2H,1H3/i1D;2T. The van der Waals surface area contributed by atoms with E-state index in [4.69, 9.17) is 11.8 Å². The molecule has 28 heavy (non-hydrogen) atoms. The minimum atomic E-state index is -1.28. The number of hydrogen-bond acceptors (Lipinski definition) is 7. The number of aliphatic hydroxyl groups excluding tert-OH is 1. The molecule has 0 aliphatic heterocycles. The van der Waals surface area contributed by atoms with Crippen LogP contribution in [0.15, 0.2) is 23.2 Å². The van der Waals surface area contributed by atoms with E-state index in [0.29, 0.717) is 24.9 Å². The molecule has 0 fully saturated rings. The predicted octanol–water partition coefficient (Wildman–Crippen LogP) is 3.70. The molecule has 2 N–H and O–H groups in total. The van der Waals surface area contributed by atoms with Gasteiger partial charge in [-0.1, -0.05) is 13.0 Å². The van der Waals surface area contributed by atoms with Crippen molar-refractivity contribution in [3.63, 3.8) is 0 Å². The average Bonchev–Trinajstić information content (AvgIpc) is 2.71. The van der Waals surface area contributed by atoms with Crippen molar-refractivity contribution >= 4 is 26.4 Å². The number of amides is 1. The van der Waals surface area contributed by atoms with Crippen molar-refractivity contribution in [2.75, 3.05) is 20.3 Å². The lowest BCUT2D eigenvalue weighted by atomic mass is 10.0. The van der Waals surface area contributed by atoms with Gasteiger partial charge in [0.05, 0.1) is 16.6 Å². The van der Waals surface area contributed by atoms with Crippen LogP contribution in [0.4, 0.5) is 5.69 Å². The van der Waals surface area contributed by atoms with Crippen LogP contribution in [0.25, 0.3) is 0 Å². The molecule has 0 aliphatic carbocycles. The largest absolute Gasteiger partial charge is 0.437 e. The second-order valence-corrected chi connectivity index (χ2v) is 6.73. The summed E-state index contributed by atoms with van der Waals surface area (Å²) in [5.41, 5.74) is 1.11. The molecule has 0 heterocycles. The van der Waals surface area contributed by atoms with Crippen LogP contribution < -0.4 is 5.32 Å². The number of benzene rings is 1. The van der Waals surface area contributed by atoms with Crippen molar-refractivity contribution in [3.05, 3.63) is 39.4 Å². The topological polar surface area (TPSA) is 123 Å². The van der Waals surface area contributed by atoms with E-state index in [0.717, 1.165) is 5.56 Å². The number of nitro benzene ring substituents is 1. The third-order valence-corrected chi connectivity index (χ3v) is 4.38. The molecule has 0 radical (unpaired) electrons. The monoisotopic (exact) mass is 418 g/mol. The number of aliphatic hydroxyl groups is 1. The molecule has 0 saturated carbocycles. The number of nitrogens with one attached hydrogen (secondary N) is 1. The molecule has 1 aromatic carbocycles. The molecule has 9 nitrogen and oxygen atoms in total. The second-order valence-electron chi connectivity index (χ2n) is 5.43. The maximum absolute atomic E-state index is 11.7. The normalized spacial score (nSPS) is 13.6. The van der Waals surface area contributed by atoms with Crippen LogP contribution in [0.1, 0.15) is 52.2 Å². The minimum absolute atomic E-state index is 0.0441. The van der Waals surface area contributed by atoms with E-state index >= 15 is 0 Å². The Bertz CT molecular complexity index is 681. The Labute approximate surface area is 170 Å². The molecule has 0 bridgehead atoms. The summed E-state index contributed by atoms with van der Waals surface area (Å²) < 4.78 is 23.9. The number of carbonyl (C=O) groups is 1. The number of aliphatic imine (C=N–C) groups is 1. The van der Waals surface area contributed by atoms with Gasteiger partial charge in [0, 0.05) is 40.7 Å². The lowest BCUT2D eigenvalue weighted by molar-refractivity contribution is -0.386. The summed E-state index contributed by atoms with van der Waals surface area (Å²) in [6.45, 7) is 6.40. The van der Waals surface area contributed by atoms with Gasteiger partial charge in [-0.2, -0.15) is 0 Å². The Morgan fingerprint density at radius 1 is 1.64 bits per heavy atom. The maximum atomic E-state index is 11.7. The van der Waals surface area contributed by atoms with E-state index in [1.54, 1.807) is 25.7 Å². The Balaban J connectivity index is 0.00000263. The molecule has 2 unspecified atom stereocenters. The van der Waals surface area contributed by atoms with Gasteiger partial charge in [0.15, 0.2) is 6.40 Å². The van der Waals surface area contributed by atoms with Crippen LogP contribution in [0.5, 0.6) is 0 Å². The van der Waals surface area contributed by atoms with Gasteiger partial charge < -0.3 is 19.5 Å². The van der Waals surface area contributed by atoms with Gasteiger partial charge in [-0.25, -0.2) is 0 Å². The number of hydrogen-bond donors (Lipinski definition) is 2. The highest BCUT2D eigenvalue weighted by Crippen LogP contribution is 2.41. The van der Waals surface area contributed by atoms with E-state index in [1.165, 1.54) is 19.6 Å². The Hall–Kier alpha value is -2.09. The van der Waals surface area contributed by atoms with E-state index in [2.05, 4.69) is 15.4 Å². The van der Waals surface area contributed by atoms with Crippen molar-refractivity contribution in [3.8, 4) is 0 Å². The molecule has 1 amide bonds. The highest BCUT2D eigenvalue weighted by atomic mass is 31.2. The summed E-state index contributed by atoms with van der Waals surface area (Å²) in [6.07, 6.45) is 1.56. The fraction of sp³-hybridized carbons (Fsp3) is 0.556. The van der Waals surface area contributed by atoms with Crippen molar-refractivity contribution in [1.29, 1.82) is 1.43 Å². The Morgan fingerprint density at radius 3 is 2.96 bits per heavy atom. The van der Waals surface area contributed by atoms with E-state index in [9.17, 15) is 14.9 Å². The average molecular weight is 418 g/mol. The molecule has 158 valence electrons. The second kappa shape index (κ2) is 14.9. The highest BCUT2D eigenvalue weighted by molar-refractivity contribution is 7.46. The van der Waals surface area contributed by atoms with Gasteiger partial charge in [-0.3, -0.25) is 19.9 Å². The van der Waals surface area contributed by atoms with Gasteiger partial charge in [0.2, 0.25) is 15.7 Å². The van der Waals surface area contributed by atoms with Crippen molar-refractivity contribution in [2.45, 2.75) is 46.2 Å². The number of nitrogens with zero attached hydrogens (tertiary/aromatic N) is 2. The lowest BCUT2D eigenvalue weighted by Crippen LogP contribution is -2.22. The first-order valence-corrected chi connectivity index (χ1v) is 10.3. The van der Waals surface area contributed by atoms with Crippen molar-refractivity contribution < 1.29 is 25.2 Å². The first-order chi connectivity index (χ1) is 14.3. The summed E-state index contributed by atoms with van der Waals surface area (Å²) in [7, 11) is 0.0106. The molecule has 2 atom stereocenters. The van der Waals surface area contributed by atoms with Gasteiger partial charge >= 0.3 is 0 Å². The Morgan fingerprint density at radius 2 is 2.36 bits per heavy atom. The number of nitro groups is 1. The van der Waals surface area contributed by atoms with E-state index in [1.807, 2.05) is 6.92 Å². The third-order valence-electron chi connectivity index (χ3n) is 3.38. The summed E-state index contributed by atoms with van der Waals surface area (Å²) in [5.74, 6) is -0.146. The fourth-order valence-electron chi connectivity index (χ4n) is 2.13. The van der Waals surface area contributed by atoms with Gasteiger partial charge in [-0.05, 0) is 31.9 Å². The number of carbonyl (C=O) groups excluding carboxylic acids is 1. The molecule has 0 spiro atoms. The van der Waals surface area contributed by atoms with Gasteiger partial charge in [0.1, 0.15) is 0 Å². The number of rotatable bonds is 11. The molecule has 1 aromatic rings. The van der Waals surface area contributed by atoms with Crippen LogP contribution in [0, 0.1) is 10.1 Å². The van der Waals surface area contributed by atoms with Gasteiger partial charge in [-0.15, -0.1) is 0 Å².